The molecule has 0 aliphatic heterocycles. The SMILES string of the molecule is CN(C)C(=O)CN(CC(F)(F)F)C(=O)c1cc(N)c[nH]1. The fourth-order valence-electron chi connectivity index (χ4n) is 1.43. The quantitative estimate of drug-likeness (QED) is 0.856. The number of anilines is 1. The van der Waals surface area contributed by atoms with E-state index in [1.165, 1.54) is 26.4 Å². The van der Waals surface area contributed by atoms with Crippen LogP contribution in [0.4, 0.5) is 18.9 Å². The van der Waals surface area contributed by atoms with Crippen molar-refractivity contribution >= 4 is 17.5 Å². The molecule has 1 aromatic heterocycles. The summed E-state index contributed by atoms with van der Waals surface area (Å²) < 4.78 is 37.5. The molecule has 0 aliphatic carbocycles. The Labute approximate surface area is 113 Å². The van der Waals surface area contributed by atoms with Crippen molar-refractivity contribution in [2.45, 2.75) is 6.18 Å². The summed E-state index contributed by atoms with van der Waals surface area (Å²) in [7, 11) is 2.79. The lowest BCUT2D eigenvalue weighted by Gasteiger charge is -2.24. The van der Waals surface area contributed by atoms with Crippen LogP contribution >= 0.6 is 0 Å². The highest BCUT2D eigenvalue weighted by Crippen LogP contribution is 2.18. The van der Waals surface area contributed by atoms with Crippen molar-refractivity contribution in [2.75, 3.05) is 32.9 Å². The predicted molar refractivity (Wildman–Crippen MR) is 65.9 cm³/mol. The number of carbonyl (C=O) groups excluding carboxylic acids is 2. The molecule has 1 rings (SSSR count). The van der Waals surface area contributed by atoms with E-state index in [-0.39, 0.29) is 11.4 Å². The molecule has 0 aromatic carbocycles. The van der Waals surface area contributed by atoms with Gasteiger partial charge in [-0.2, -0.15) is 13.2 Å². The van der Waals surface area contributed by atoms with Crippen molar-refractivity contribution in [3.05, 3.63) is 18.0 Å². The molecule has 0 unspecified atom stereocenters. The molecule has 0 fully saturated rings. The van der Waals surface area contributed by atoms with Crippen molar-refractivity contribution < 1.29 is 22.8 Å². The van der Waals surface area contributed by atoms with Gasteiger partial charge in [0.1, 0.15) is 18.8 Å². The third-order valence-corrected chi connectivity index (χ3v) is 2.42. The van der Waals surface area contributed by atoms with E-state index in [1.54, 1.807) is 0 Å². The van der Waals surface area contributed by atoms with Crippen molar-refractivity contribution in [1.82, 2.24) is 14.8 Å². The van der Waals surface area contributed by atoms with Gasteiger partial charge in [-0.15, -0.1) is 0 Å². The van der Waals surface area contributed by atoms with E-state index >= 15 is 0 Å². The second kappa shape index (κ2) is 5.85. The summed E-state index contributed by atoms with van der Waals surface area (Å²) in [6, 6.07) is 1.21. The van der Waals surface area contributed by atoms with Gasteiger partial charge >= 0.3 is 6.18 Å². The number of nitrogens with two attached hydrogens (primary N) is 1. The van der Waals surface area contributed by atoms with Crippen LogP contribution < -0.4 is 5.73 Å². The van der Waals surface area contributed by atoms with Gasteiger partial charge in [0.2, 0.25) is 5.91 Å². The maximum Gasteiger partial charge on any atom is 0.406 e. The molecule has 2 amide bonds. The molecular formula is C11H15F3N4O2. The topological polar surface area (TPSA) is 82.4 Å². The minimum Gasteiger partial charge on any atom is -0.397 e. The number of amides is 2. The number of likely N-dealkylation sites (N-methyl/N-ethyl adjacent to an activating group) is 1. The number of alkyl halides is 3. The Kier molecular flexibility index (Phi) is 4.64. The van der Waals surface area contributed by atoms with Crippen LogP contribution in [0, 0.1) is 0 Å². The van der Waals surface area contributed by atoms with Crippen LogP contribution in [0.5, 0.6) is 0 Å². The molecule has 3 N–H and O–H groups in total. The van der Waals surface area contributed by atoms with E-state index in [0.717, 1.165) is 4.90 Å². The van der Waals surface area contributed by atoms with Crippen LogP contribution in [0.25, 0.3) is 0 Å². The zero-order valence-electron chi connectivity index (χ0n) is 11.0. The number of nitrogen functional groups attached to an aromatic ring is 1. The average molecular weight is 292 g/mol. The van der Waals surface area contributed by atoms with E-state index in [0.29, 0.717) is 4.90 Å². The molecular weight excluding hydrogens is 277 g/mol. The second-order valence-electron chi connectivity index (χ2n) is 4.41. The number of nitrogens with zero attached hydrogens (tertiary/aromatic N) is 2. The summed E-state index contributed by atoms with van der Waals surface area (Å²) in [6.45, 7) is -2.17. The Morgan fingerprint density at radius 2 is 1.95 bits per heavy atom. The van der Waals surface area contributed by atoms with Gasteiger partial charge in [0.15, 0.2) is 0 Å². The fraction of sp³-hybridized carbons (Fsp3) is 0.455. The number of aromatic amines is 1. The third kappa shape index (κ3) is 4.48. The second-order valence-corrected chi connectivity index (χ2v) is 4.41. The predicted octanol–water partition coefficient (Wildman–Crippen LogP) is 0.690. The van der Waals surface area contributed by atoms with Crippen LogP contribution in [0.1, 0.15) is 10.5 Å². The van der Waals surface area contributed by atoms with E-state index in [4.69, 9.17) is 5.73 Å². The van der Waals surface area contributed by atoms with Crippen molar-refractivity contribution in [3.8, 4) is 0 Å². The van der Waals surface area contributed by atoms with Crippen molar-refractivity contribution in [3.63, 3.8) is 0 Å². The monoisotopic (exact) mass is 292 g/mol. The van der Waals surface area contributed by atoms with Gasteiger partial charge in [-0.3, -0.25) is 9.59 Å². The molecule has 0 saturated heterocycles. The number of hydrogen-bond acceptors (Lipinski definition) is 3. The standard InChI is InChI=1S/C11H15F3N4O2/c1-17(2)9(19)5-18(6-11(12,13)14)10(20)8-3-7(15)4-16-8/h3-4,16H,5-6,15H2,1-2H3. The Morgan fingerprint density at radius 1 is 1.35 bits per heavy atom. The lowest BCUT2D eigenvalue weighted by molar-refractivity contribution is -0.146. The maximum absolute atomic E-state index is 12.5. The highest BCUT2D eigenvalue weighted by atomic mass is 19.4. The highest BCUT2D eigenvalue weighted by Gasteiger charge is 2.34. The Bertz CT molecular complexity index is 496. The molecule has 1 aromatic rings. The molecule has 1 heterocycles. The molecule has 0 saturated carbocycles. The van der Waals surface area contributed by atoms with Gasteiger partial charge in [0.25, 0.3) is 5.91 Å². The summed E-state index contributed by atoms with van der Waals surface area (Å²) >= 11 is 0. The summed E-state index contributed by atoms with van der Waals surface area (Å²) in [4.78, 5) is 27.5. The van der Waals surface area contributed by atoms with Gasteiger partial charge in [0.05, 0.1) is 0 Å². The van der Waals surface area contributed by atoms with Crippen LogP contribution in [-0.2, 0) is 4.79 Å². The number of halogens is 3. The summed E-state index contributed by atoms with van der Waals surface area (Å²) in [5, 5.41) is 0. The molecule has 0 spiro atoms. The first kappa shape index (κ1) is 15.9. The number of hydrogen-bond donors (Lipinski definition) is 2. The molecule has 20 heavy (non-hydrogen) atoms. The third-order valence-electron chi connectivity index (χ3n) is 2.42. The number of rotatable bonds is 4. The zero-order valence-corrected chi connectivity index (χ0v) is 11.0. The Hall–Kier alpha value is -2.19. The van der Waals surface area contributed by atoms with Gasteiger partial charge < -0.3 is 20.5 Å². The maximum atomic E-state index is 12.5. The normalized spacial score (nSPS) is 11.2. The van der Waals surface area contributed by atoms with Crippen LogP contribution in [0.3, 0.4) is 0 Å². The minimum atomic E-state index is -4.60. The van der Waals surface area contributed by atoms with Gasteiger partial charge in [0, 0.05) is 26.0 Å². The van der Waals surface area contributed by atoms with Crippen molar-refractivity contribution in [2.24, 2.45) is 0 Å². The molecule has 0 bridgehead atoms. The van der Waals surface area contributed by atoms with E-state index in [9.17, 15) is 22.8 Å². The van der Waals surface area contributed by atoms with Crippen LogP contribution in [0.2, 0.25) is 0 Å². The Balaban J connectivity index is 2.92. The lowest BCUT2D eigenvalue weighted by atomic mass is 10.3. The molecule has 0 aliphatic rings. The molecule has 9 heteroatoms. The van der Waals surface area contributed by atoms with Crippen LogP contribution in [-0.4, -0.2) is 60.0 Å². The lowest BCUT2D eigenvalue weighted by Crippen LogP contribution is -2.44. The first-order valence-corrected chi connectivity index (χ1v) is 5.60. The molecule has 6 nitrogen and oxygen atoms in total. The van der Waals surface area contributed by atoms with E-state index in [1.807, 2.05) is 0 Å². The first-order chi connectivity index (χ1) is 9.10. The smallest absolute Gasteiger partial charge is 0.397 e. The number of H-pyrrole nitrogens is 1. The van der Waals surface area contributed by atoms with E-state index in [2.05, 4.69) is 4.98 Å². The summed E-state index contributed by atoms with van der Waals surface area (Å²) in [5.41, 5.74) is 5.52. The van der Waals surface area contributed by atoms with Gasteiger partial charge in [-0.1, -0.05) is 0 Å². The number of nitrogens with one attached hydrogen (secondary N) is 1. The molecule has 0 atom stereocenters. The molecule has 112 valence electrons. The molecule has 0 radical (unpaired) electrons. The largest absolute Gasteiger partial charge is 0.406 e. The van der Waals surface area contributed by atoms with E-state index < -0.39 is 31.1 Å². The summed E-state index contributed by atoms with van der Waals surface area (Å²) in [6.07, 6.45) is -3.31. The number of aromatic nitrogens is 1. The van der Waals surface area contributed by atoms with Gasteiger partial charge in [-0.05, 0) is 6.07 Å². The first-order valence-electron chi connectivity index (χ1n) is 5.60. The average Bonchev–Trinajstić information content (AvgIpc) is 2.72. The Morgan fingerprint density at radius 3 is 2.35 bits per heavy atom. The zero-order chi connectivity index (χ0) is 15.5. The highest BCUT2D eigenvalue weighted by molar-refractivity contribution is 5.95. The van der Waals surface area contributed by atoms with Crippen LogP contribution in [0.15, 0.2) is 12.3 Å². The number of carbonyl (C=O) groups is 2. The minimum absolute atomic E-state index is 0.0988. The van der Waals surface area contributed by atoms with Crippen molar-refractivity contribution in [1.29, 1.82) is 0 Å². The fourth-order valence-corrected chi connectivity index (χ4v) is 1.43. The van der Waals surface area contributed by atoms with Gasteiger partial charge in [-0.25, -0.2) is 0 Å². The summed E-state index contributed by atoms with van der Waals surface area (Å²) in [5.74, 6) is -1.55.